The van der Waals surface area contributed by atoms with E-state index in [1.807, 2.05) is 26.6 Å². The molecule has 0 aliphatic heterocycles. The lowest BCUT2D eigenvalue weighted by molar-refractivity contribution is -0.116. The van der Waals surface area contributed by atoms with E-state index in [4.69, 9.17) is 4.74 Å². The molecule has 0 amide bonds. The fraction of sp³-hybridized carbons (Fsp3) is 0.800. The van der Waals surface area contributed by atoms with Crippen molar-refractivity contribution in [3.05, 3.63) is 24.0 Å². The molecule has 1 heterocycles. The Morgan fingerprint density at radius 3 is 2.70 bits per heavy atom. The number of aryl methyl sites for hydroxylation is 1. The van der Waals surface area contributed by atoms with Crippen LogP contribution in [0.25, 0.3) is 0 Å². The van der Waals surface area contributed by atoms with Crippen molar-refractivity contribution in [3.8, 4) is 0 Å². The van der Waals surface area contributed by atoms with Crippen molar-refractivity contribution in [2.45, 2.75) is 82.1 Å². The van der Waals surface area contributed by atoms with E-state index in [2.05, 4.69) is 29.5 Å². The molecule has 0 saturated heterocycles. The number of allylic oxidation sites excluding steroid dienone is 1. The predicted molar refractivity (Wildman–Crippen MR) is 121 cm³/mol. The van der Waals surface area contributed by atoms with Gasteiger partial charge in [0.1, 0.15) is 0 Å². The Balaban J connectivity index is 1.37. The minimum Gasteiger partial charge on any atom is -0.388 e. The number of fused-ring (bicyclic) bond motifs is 5. The third-order valence-corrected chi connectivity index (χ3v) is 11.2. The van der Waals surface area contributed by atoms with Crippen molar-refractivity contribution in [3.63, 3.8) is 0 Å². The summed E-state index contributed by atoms with van der Waals surface area (Å²) in [6.07, 6.45) is 16.1. The van der Waals surface area contributed by atoms with Gasteiger partial charge in [-0.25, -0.2) is 4.98 Å². The molecule has 0 bridgehead atoms. The summed E-state index contributed by atoms with van der Waals surface area (Å²) in [5.74, 6) is 2.96. The van der Waals surface area contributed by atoms with Gasteiger partial charge in [-0.1, -0.05) is 37.3 Å². The average molecular weight is 431 g/mol. The van der Waals surface area contributed by atoms with Gasteiger partial charge in [-0.05, 0) is 74.5 Å². The van der Waals surface area contributed by atoms with Gasteiger partial charge in [0, 0.05) is 37.7 Å². The standard InChI is InChI=1S/C25H38N2O2S/c1-23-10-7-18(29-4)15-17(23)5-6-19-20(23)8-11-24(2)21(19)9-12-25(24,28)16-30-22-26-13-14-27(22)3/h13-15,18-21,28H,5-12,16H2,1-4H3/t18-,19-,20+,21-,23+,24+,25-/m1/s1. The lowest BCUT2D eigenvalue weighted by Crippen LogP contribution is -2.55. The molecule has 0 aromatic carbocycles. The van der Waals surface area contributed by atoms with Crippen LogP contribution in [0.3, 0.4) is 0 Å². The van der Waals surface area contributed by atoms with Gasteiger partial charge in [0.2, 0.25) is 0 Å². The second-order valence-electron chi connectivity index (χ2n) is 11.0. The molecule has 0 spiro atoms. The van der Waals surface area contributed by atoms with E-state index in [1.165, 1.54) is 32.1 Å². The molecule has 4 nitrogen and oxygen atoms in total. The summed E-state index contributed by atoms with van der Waals surface area (Å²) in [6, 6.07) is 0. The Hall–Kier alpha value is -0.780. The highest BCUT2D eigenvalue weighted by Gasteiger charge is 2.63. The van der Waals surface area contributed by atoms with Crippen LogP contribution in [0.1, 0.15) is 65.2 Å². The van der Waals surface area contributed by atoms with Gasteiger partial charge >= 0.3 is 0 Å². The molecule has 5 rings (SSSR count). The van der Waals surface area contributed by atoms with E-state index in [-0.39, 0.29) is 5.41 Å². The molecule has 3 saturated carbocycles. The van der Waals surface area contributed by atoms with Crippen LogP contribution in [-0.2, 0) is 11.8 Å². The van der Waals surface area contributed by atoms with E-state index in [1.54, 1.807) is 17.3 Å². The maximum atomic E-state index is 11.9. The Labute approximate surface area is 185 Å². The number of imidazole rings is 1. The molecule has 3 fully saturated rings. The van der Waals surface area contributed by atoms with Crippen LogP contribution >= 0.6 is 11.8 Å². The molecular formula is C25H38N2O2S. The van der Waals surface area contributed by atoms with Crippen molar-refractivity contribution in [1.29, 1.82) is 0 Å². The first-order valence-corrected chi connectivity index (χ1v) is 12.9. The number of nitrogens with zero attached hydrogens (tertiary/aromatic N) is 2. The maximum Gasteiger partial charge on any atom is 0.167 e. The van der Waals surface area contributed by atoms with Crippen LogP contribution in [0.15, 0.2) is 29.2 Å². The topological polar surface area (TPSA) is 47.3 Å². The molecule has 5 heteroatoms. The second-order valence-corrected chi connectivity index (χ2v) is 11.9. The summed E-state index contributed by atoms with van der Waals surface area (Å²) in [6.45, 7) is 4.96. The lowest BCUT2D eigenvalue weighted by atomic mass is 9.46. The van der Waals surface area contributed by atoms with Crippen LogP contribution in [-0.4, -0.2) is 39.2 Å². The van der Waals surface area contributed by atoms with Crippen LogP contribution in [0.2, 0.25) is 0 Å². The minimum absolute atomic E-state index is 0.0354. The van der Waals surface area contributed by atoms with E-state index in [9.17, 15) is 5.11 Å². The number of hydrogen-bond donors (Lipinski definition) is 1. The highest BCUT2D eigenvalue weighted by molar-refractivity contribution is 7.99. The number of methoxy groups -OCH3 is 1. The van der Waals surface area contributed by atoms with Crippen LogP contribution in [0.5, 0.6) is 0 Å². The number of aliphatic hydroxyl groups is 1. The summed E-state index contributed by atoms with van der Waals surface area (Å²) in [5.41, 5.74) is 1.48. The normalized spacial score (nSPS) is 45.4. The van der Waals surface area contributed by atoms with Crippen LogP contribution in [0, 0.1) is 28.6 Å². The third-order valence-electron chi connectivity index (χ3n) is 9.91. The summed E-state index contributed by atoms with van der Waals surface area (Å²) in [7, 11) is 3.89. The fourth-order valence-electron chi connectivity index (χ4n) is 7.90. The van der Waals surface area contributed by atoms with Crippen molar-refractivity contribution < 1.29 is 9.84 Å². The molecule has 4 aliphatic rings. The zero-order chi connectivity index (χ0) is 21.1. The number of thioether (sulfide) groups is 1. The SMILES string of the molecule is CO[C@H]1C=C2CC[C@H]3[C@H]4CC[C@@](O)(CSc5nccn5C)[C@@]4(C)CC[C@@H]3[C@@]2(C)CC1. The molecule has 1 aromatic rings. The van der Waals surface area contributed by atoms with E-state index >= 15 is 0 Å². The quantitative estimate of drug-likeness (QED) is 0.525. The van der Waals surface area contributed by atoms with E-state index < -0.39 is 5.60 Å². The second kappa shape index (κ2) is 7.38. The molecule has 1 aromatic heterocycles. The number of ether oxygens (including phenoxy) is 1. The molecule has 0 radical (unpaired) electrons. The number of rotatable bonds is 4. The molecule has 30 heavy (non-hydrogen) atoms. The van der Waals surface area contributed by atoms with Crippen molar-refractivity contribution >= 4 is 11.8 Å². The highest BCUT2D eigenvalue weighted by atomic mass is 32.2. The molecule has 4 aliphatic carbocycles. The molecule has 1 N–H and O–H groups in total. The summed E-state index contributed by atoms with van der Waals surface area (Å²) < 4.78 is 7.74. The molecular weight excluding hydrogens is 392 g/mol. The van der Waals surface area contributed by atoms with Crippen LogP contribution < -0.4 is 0 Å². The molecule has 7 atom stereocenters. The maximum absolute atomic E-state index is 11.9. The monoisotopic (exact) mass is 430 g/mol. The van der Waals surface area contributed by atoms with Gasteiger partial charge in [0.05, 0.1) is 11.7 Å². The predicted octanol–water partition coefficient (Wildman–Crippen LogP) is 5.22. The van der Waals surface area contributed by atoms with E-state index in [0.717, 1.165) is 42.0 Å². The highest BCUT2D eigenvalue weighted by Crippen LogP contribution is 2.68. The first kappa shape index (κ1) is 21.1. The van der Waals surface area contributed by atoms with Gasteiger partial charge in [0.25, 0.3) is 0 Å². The Morgan fingerprint density at radius 1 is 1.17 bits per heavy atom. The summed E-state index contributed by atoms with van der Waals surface area (Å²) in [4.78, 5) is 4.47. The Kier molecular flexibility index (Phi) is 5.19. The van der Waals surface area contributed by atoms with Gasteiger partial charge in [0.15, 0.2) is 5.16 Å². The number of hydrogen-bond acceptors (Lipinski definition) is 4. The lowest BCUT2D eigenvalue weighted by Gasteiger charge is -2.59. The minimum atomic E-state index is -0.579. The summed E-state index contributed by atoms with van der Waals surface area (Å²) in [5, 5.41) is 12.9. The zero-order valence-corrected chi connectivity index (χ0v) is 19.9. The van der Waals surface area contributed by atoms with Gasteiger partial charge in [-0.15, -0.1) is 0 Å². The Morgan fingerprint density at radius 2 is 1.97 bits per heavy atom. The van der Waals surface area contributed by atoms with Gasteiger partial charge in [-0.2, -0.15) is 0 Å². The first-order valence-electron chi connectivity index (χ1n) is 11.9. The fourth-order valence-corrected chi connectivity index (χ4v) is 9.15. The zero-order valence-electron chi connectivity index (χ0n) is 19.1. The average Bonchev–Trinajstić information content (AvgIpc) is 3.26. The first-order chi connectivity index (χ1) is 14.3. The Bertz CT molecular complexity index is 837. The summed E-state index contributed by atoms with van der Waals surface area (Å²) >= 11 is 1.73. The third kappa shape index (κ3) is 2.98. The van der Waals surface area contributed by atoms with Crippen molar-refractivity contribution in [2.24, 2.45) is 35.6 Å². The molecule has 0 unspecified atom stereocenters. The van der Waals surface area contributed by atoms with Crippen LogP contribution in [0.4, 0.5) is 0 Å². The molecule has 166 valence electrons. The van der Waals surface area contributed by atoms with Gasteiger partial charge in [-0.3, -0.25) is 0 Å². The number of aromatic nitrogens is 2. The van der Waals surface area contributed by atoms with Crippen molar-refractivity contribution in [2.75, 3.05) is 12.9 Å². The smallest absolute Gasteiger partial charge is 0.167 e. The van der Waals surface area contributed by atoms with Gasteiger partial charge < -0.3 is 14.4 Å². The van der Waals surface area contributed by atoms with E-state index in [0.29, 0.717) is 17.4 Å². The van der Waals surface area contributed by atoms with Crippen molar-refractivity contribution in [1.82, 2.24) is 9.55 Å². The largest absolute Gasteiger partial charge is 0.388 e.